The lowest BCUT2D eigenvalue weighted by molar-refractivity contribution is 0.0332. The van der Waals surface area contributed by atoms with Crippen molar-refractivity contribution in [1.82, 2.24) is 20.0 Å². The molecule has 2 aliphatic heterocycles. The molecule has 2 aromatic rings. The molecular formula is C24H32N4O3. The SMILES string of the molecule is COc1ccc2c(c1)CCc1c-2n[nH]c1C(=O)N1CCC(CCN2CCOCC2)CC1. The number of piperidine rings is 1. The number of methoxy groups -OCH3 is 1. The standard InChI is InChI=1S/C24H32N4O3/c1-30-19-3-5-20-18(16-19)2-4-21-22(20)25-26-23(21)24(29)28-10-7-17(8-11-28)6-9-27-12-14-31-15-13-27/h3,5,16-17H,2,4,6-15H2,1H3,(H,25,26). The predicted molar refractivity (Wildman–Crippen MR) is 118 cm³/mol. The maximum atomic E-state index is 13.3. The van der Waals surface area contributed by atoms with Crippen molar-refractivity contribution in [3.05, 3.63) is 35.0 Å². The maximum Gasteiger partial charge on any atom is 0.272 e. The molecule has 5 rings (SSSR count). The number of aryl methyl sites for hydroxylation is 1. The molecule has 1 aliphatic carbocycles. The summed E-state index contributed by atoms with van der Waals surface area (Å²) in [5.41, 5.74) is 5.02. The van der Waals surface area contributed by atoms with Crippen molar-refractivity contribution >= 4 is 5.91 Å². The Morgan fingerprint density at radius 2 is 2.00 bits per heavy atom. The second kappa shape index (κ2) is 9.01. The highest BCUT2D eigenvalue weighted by Crippen LogP contribution is 2.36. The number of nitrogens with zero attached hydrogens (tertiary/aromatic N) is 3. The lowest BCUT2D eigenvalue weighted by atomic mass is 9.88. The largest absolute Gasteiger partial charge is 0.497 e. The summed E-state index contributed by atoms with van der Waals surface area (Å²) in [6, 6.07) is 6.10. The van der Waals surface area contributed by atoms with E-state index in [2.05, 4.69) is 27.2 Å². The van der Waals surface area contributed by atoms with E-state index in [4.69, 9.17) is 9.47 Å². The minimum atomic E-state index is 0.109. The van der Waals surface area contributed by atoms with Gasteiger partial charge in [-0.15, -0.1) is 0 Å². The van der Waals surface area contributed by atoms with Crippen LogP contribution in [0.25, 0.3) is 11.3 Å². The molecule has 31 heavy (non-hydrogen) atoms. The van der Waals surface area contributed by atoms with Crippen LogP contribution in [0, 0.1) is 5.92 Å². The third-order valence-electron chi connectivity index (χ3n) is 7.15. The third kappa shape index (κ3) is 4.21. The van der Waals surface area contributed by atoms with Gasteiger partial charge in [-0.25, -0.2) is 0 Å². The van der Waals surface area contributed by atoms with E-state index in [1.54, 1.807) is 7.11 Å². The van der Waals surface area contributed by atoms with E-state index in [-0.39, 0.29) is 5.91 Å². The van der Waals surface area contributed by atoms with Gasteiger partial charge >= 0.3 is 0 Å². The van der Waals surface area contributed by atoms with Crippen LogP contribution >= 0.6 is 0 Å². The lowest BCUT2D eigenvalue weighted by Crippen LogP contribution is -2.41. The van der Waals surface area contributed by atoms with Crippen molar-refractivity contribution in [2.45, 2.75) is 32.1 Å². The Kier molecular flexibility index (Phi) is 5.96. The Morgan fingerprint density at radius 3 is 2.77 bits per heavy atom. The number of morpholine rings is 1. The van der Waals surface area contributed by atoms with Gasteiger partial charge in [0.05, 0.1) is 26.0 Å². The second-order valence-electron chi connectivity index (χ2n) is 8.93. The van der Waals surface area contributed by atoms with E-state index in [9.17, 15) is 4.79 Å². The van der Waals surface area contributed by atoms with Crippen molar-refractivity contribution in [1.29, 1.82) is 0 Å². The van der Waals surface area contributed by atoms with E-state index in [1.165, 1.54) is 12.0 Å². The van der Waals surface area contributed by atoms with Gasteiger partial charge < -0.3 is 14.4 Å². The Hall–Kier alpha value is -2.38. The molecule has 2 fully saturated rings. The summed E-state index contributed by atoms with van der Waals surface area (Å²) < 4.78 is 10.8. The molecule has 1 N–H and O–H groups in total. The lowest BCUT2D eigenvalue weighted by Gasteiger charge is -2.34. The molecule has 2 saturated heterocycles. The van der Waals surface area contributed by atoms with Crippen LogP contribution in [0.3, 0.4) is 0 Å². The number of nitrogens with one attached hydrogen (secondary N) is 1. The minimum Gasteiger partial charge on any atom is -0.497 e. The van der Waals surface area contributed by atoms with Gasteiger partial charge in [0.25, 0.3) is 5.91 Å². The first-order chi connectivity index (χ1) is 15.2. The highest BCUT2D eigenvalue weighted by Gasteiger charge is 2.30. The maximum absolute atomic E-state index is 13.3. The number of rotatable bonds is 5. The van der Waals surface area contributed by atoms with E-state index in [0.29, 0.717) is 11.6 Å². The number of hydrogen-bond acceptors (Lipinski definition) is 5. The summed E-state index contributed by atoms with van der Waals surface area (Å²) in [6.07, 6.45) is 5.15. The highest BCUT2D eigenvalue weighted by molar-refractivity contribution is 5.96. The summed E-state index contributed by atoms with van der Waals surface area (Å²) in [6.45, 7) is 6.66. The molecule has 0 atom stereocenters. The van der Waals surface area contributed by atoms with Gasteiger partial charge in [0.15, 0.2) is 0 Å². The number of aromatic amines is 1. The number of hydrogen-bond donors (Lipinski definition) is 1. The van der Waals surface area contributed by atoms with Gasteiger partial charge in [0, 0.05) is 37.3 Å². The molecule has 7 heteroatoms. The molecule has 0 unspecified atom stereocenters. The van der Waals surface area contributed by atoms with Crippen LogP contribution in [0.15, 0.2) is 18.2 Å². The summed E-state index contributed by atoms with van der Waals surface area (Å²) in [4.78, 5) is 17.8. The molecule has 1 aromatic carbocycles. The molecule has 0 saturated carbocycles. The zero-order chi connectivity index (χ0) is 21.2. The number of benzene rings is 1. The van der Waals surface area contributed by atoms with Gasteiger partial charge in [-0.3, -0.25) is 14.8 Å². The van der Waals surface area contributed by atoms with Gasteiger partial charge in [0.2, 0.25) is 0 Å². The van der Waals surface area contributed by atoms with Gasteiger partial charge in [-0.2, -0.15) is 5.10 Å². The molecule has 1 amide bonds. The molecule has 1 aromatic heterocycles. The zero-order valence-corrected chi connectivity index (χ0v) is 18.4. The Balaban J connectivity index is 1.20. The van der Waals surface area contributed by atoms with Crippen molar-refractivity contribution in [3.63, 3.8) is 0 Å². The quantitative estimate of drug-likeness (QED) is 0.799. The first-order valence-electron chi connectivity index (χ1n) is 11.6. The number of carbonyl (C=O) groups is 1. The van der Waals surface area contributed by atoms with Crippen LogP contribution in [0.4, 0.5) is 0 Å². The monoisotopic (exact) mass is 424 g/mol. The van der Waals surface area contributed by atoms with E-state index >= 15 is 0 Å². The highest BCUT2D eigenvalue weighted by atomic mass is 16.5. The van der Waals surface area contributed by atoms with Crippen LogP contribution in [-0.2, 0) is 17.6 Å². The summed E-state index contributed by atoms with van der Waals surface area (Å²) in [5, 5.41) is 7.61. The van der Waals surface area contributed by atoms with Crippen LogP contribution < -0.4 is 4.74 Å². The molecule has 3 heterocycles. The summed E-state index contributed by atoms with van der Waals surface area (Å²) in [5.74, 6) is 1.69. The van der Waals surface area contributed by atoms with Crippen molar-refractivity contribution in [3.8, 4) is 17.0 Å². The number of likely N-dealkylation sites (tertiary alicyclic amines) is 1. The molecule has 3 aliphatic rings. The number of amides is 1. The minimum absolute atomic E-state index is 0.109. The Labute approximate surface area is 183 Å². The van der Waals surface area contributed by atoms with Gasteiger partial charge in [-0.05, 0) is 68.3 Å². The molecular weight excluding hydrogens is 392 g/mol. The van der Waals surface area contributed by atoms with Crippen LogP contribution in [0.2, 0.25) is 0 Å². The number of aromatic nitrogens is 2. The average molecular weight is 425 g/mol. The van der Waals surface area contributed by atoms with Gasteiger partial charge in [-0.1, -0.05) is 0 Å². The fraction of sp³-hybridized carbons (Fsp3) is 0.583. The fourth-order valence-corrected chi connectivity index (χ4v) is 5.18. The van der Waals surface area contributed by atoms with E-state index in [1.807, 2.05) is 11.0 Å². The van der Waals surface area contributed by atoms with Crippen molar-refractivity contribution < 1.29 is 14.3 Å². The number of H-pyrrole nitrogens is 1. The Bertz CT molecular complexity index is 927. The zero-order valence-electron chi connectivity index (χ0n) is 18.4. The topological polar surface area (TPSA) is 70.7 Å². The Morgan fingerprint density at radius 1 is 1.19 bits per heavy atom. The van der Waals surface area contributed by atoms with E-state index in [0.717, 1.165) is 94.2 Å². The normalized spacial score (nSPS) is 19.7. The first-order valence-corrected chi connectivity index (χ1v) is 11.6. The van der Waals surface area contributed by atoms with Crippen molar-refractivity contribution in [2.75, 3.05) is 53.0 Å². The molecule has 0 bridgehead atoms. The van der Waals surface area contributed by atoms with Crippen LogP contribution in [0.1, 0.15) is 40.9 Å². The number of ether oxygens (including phenoxy) is 2. The average Bonchev–Trinajstić information content (AvgIpc) is 3.27. The fourth-order valence-electron chi connectivity index (χ4n) is 5.18. The molecule has 166 valence electrons. The second-order valence-corrected chi connectivity index (χ2v) is 8.93. The predicted octanol–water partition coefficient (Wildman–Crippen LogP) is 2.76. The molecule has 0 radical (unpaired) electrons. The number of carbonyl (C=O) groups excluding carboxylic acids is 1. The van der Waals surface area contributed by atoms with Gasteiger partial charge in [0.1, 0.15) is 11.4 Å². The molecule has 0 spiro atoms. The smallest absolute Gasteiger partial charge is 0.272 e. The summed E-state index contributed by atoms with van der Waals surface area (Å²) >= 11 is 0. The van der Waals surface area contributed by atoms with Crippen LogP contribution in [0.5, 0.6) is 5.75 Å². The first kappa shape index (κ1) is 20.5. The van der Waals surface area contributed by atoms with Crippen LogP contribution in [-0.4, -0.2) is 79.0 Å². The number of fused-ring (bicyclic) bond motifs is 3. The van der Waals surface area contributed by atoms with Crippen molar-refractivity contribution in [2.24, 2.45) is 5.92 Å². The summed E-state index contributed by atoms with van der Waals surface area (Å²) in [7, 11) is 1.69. The third-order valence-corrected chi connectivity index (χ3v) is 7.15. The molecule has 7 nitrogen and oxygen atoms in total. The van der Waals surface area contributed by atoms with E-state index < -0.39 is 0 Å².